The van der Waals surface area contributed by atoms with Gasteiger partial charge in [-0.2, -0.15) is 0 Å². The van der Waals surface area contributed by atoms with Crippen molar-refractivity contribution < 1.29 is 9.59 Å². The summed E-state index contributed by atoms with van der Waals surface area (Å²) in [4.78, 5) is 30.8. The van der Waals surface area contributed by atoms with Crippen LogP contribution in [-0.4, -0.2) is 36.9 Å². The van der Waals surface area contributed by atoms with Gasteiger partial charge in [-0.3, -0.25) is 14.5 Å². The predicted molar refractivity (Wildman–Crippen MR) is 101 cm³/mol. The molecule has 0 saturated carbocycles. The van der Waals surface area contributed by atoms with Crippen LogP contribution in [0, 0.1) is 6.92 Å². The van der Waals surface area contributed by atoms with Crippen LogP contribution in [0.5, 0.6) is 0 Å². The molecule has 128 valence electrons. The first-order valence-electron chi connectivity index (χ1n) is 8.27. The summed E-state index contributed by atoms with van der Waals surface area (Å²) in [5, 5.41) is 4.85. The van der Waals surface area contributed by atoms with Gasteiger partial charge in [0.25, 0.3) is 11.8 Å². The lowest BCUT2D eigenvalue weighted by atomic mass is 10.1. The van der Waals surface area contributed by atoms with Crippen molar-refractivity contribution in [3.05, 3.63) is 51.7 Å². The number of rotatable bonds is 1. The van der Waals surface area contributed by atoms with Crippen LogP contribution < -0.4 is 10.2 Å². The zero-order valence-corrected chi connectivity index (χ0v) is 15.0. The number of nitrogens with zero attached hydrogens (tertiary/aromatic N) is 2. The van der Waals surface area contributed by atoms with Gasteiger partial charge in [-0.25, -0.2) is 0 Å². The molecule has 0 atom stereocenters. The zero-order chi connectivity index (χ0) is 17.6. The zero-order valence-electron chi connectivity index (χ0n) is 14.2. The Balaban J connectivity index is 1.87. The molecule has 3 heterocycles. The fraction of sp³-hybridized carbons (Fsp3) is 0.263. The van der Waals surface area contributed by atoms with Crippen molar-refractivity contribution in [2.24, 2.45) is 0 Å². The molecule has 2 aliphatic rings. The van der Waals surface area contributed by atoms with Crippen LogP contribution >= 0.6 is 11.3 Å². The molecule has 1 aromatic carbocycles. The van der Waals surface area contributed by atoms with Crippen LogP contribution in [0.3, 0.4) is 0 Å². The van der Waals surface area contributed by atoms with Gasteiger partial charge in [-0.15, -0.1) is 11.3 Å². The van der Waals surface area contributed by atoms with E-state index in [9.17, 15) is 9.59 Å². The number of anilines is 3. The molecule has 0 aliphatic carbocycles. The van der Waals surface area contributed by atoms with Crippen LogP contribution in [0.1, 0.15) is 21.7 Å². The SMILES string of the molecule is Cc1scc2c1C(=O)Nc1ccccc1N2C(=O)C1=CCN(C)CC1. The summed E-state index contributed by atoms with van der Waals surface area (Å²) < 4.78 is 0. The Morgan fingerprint density at radius 3 is 2.80 bits per heavy atom. The molecule has 0 radical (unpaired) electrons. The van der Waals surface area contributed by atoms with Crippen molar-refractivity contribution in [2.45, 2.75) is 13.3 Å². The molecule has 6 heteroatoms. The maximum atomic E-state index is 13.4. The van der Waals surface area contributed by atoms with E-state index in [0.717, 1.165) is 29.2 Å². The highest BCUT2D eigenvalue weighted by molar-refractivity contribution is 7.10. The number of amides is 2. The molecule has 0 bridgehead atoms. The lowest BCUT2D eigenvalue weighted by molar-refractivity contribution is -0.114. The largest absolute Gasteiger partial charge is 0.320 e. The minimum atomic E-state index is -0.158. The molecule has 2 amide bonds. The van der Waals surface area contributed by atoms with E-state index in [0.29, 0.717) is 23.4 Å². The second-order valence-corrected chi connectivity index (χ2v) is 7.49. The summed E-state index contributed by atoms with van der Waals surface area (Å²) in [6.45, 7) is 3.54. The van der Waals surface area contributed by atoms with E-state index in [1.54, 1.807) is 4.90 Å². The molecule has 25 heavy (non-hydrogen) atoms. The highest BCUT2D eigenvalue weighted by Crippen LogP contribution is 2.42. The Hall–Kier alpha value is -2.44. The number of fused-ring (bicyclic) bond motifs is 2. The molecule has 2 aromatic rings. The van der Waals surface area contributed by atoms with Crippen molar-refractivity contribution in [2.75, 3.05) is 30.4 Å². The highest BCUT2D eigenvalue weighted by atomic mass is 32.1. The van der Waals surface area contributed by atoms with E-state index < -0.39 is 0 Å². The van der Waals surface area contributed by atoms with Gasteiger partial charge >= 0.3 is 0 Å². The molecule has 5 nitrogen and oxygen atoms in total. The molecule has 0 fully saturated rings. The number of benzene rings is 1. The van der Waals surface area contributed by atoms with Crippen molar-refractivity contribution in [1.82, 2.24) is 4.90 Å². The van der Waals surface area contributed by atoms with Crippen LogP contribution in [0.2, 0.25) is 0 Å². The second kappa shape index (κ2) is 6.13. The quantitative estimate of drug-likeness (QED) is 0.853. The van der Waals surface area contributed by atoms with Crippen LogP contribution in [-0.2, 0) is 4.79 Å². The Morgan fingerprint density at radius 2 is 2.04 bits per heavy atom. The third kappa shape index (κ3) is 2.67. The number of para-hydroxylation sites is 2. The minimum absolute atomic E-state index is 0.0453. The molecule has 2 aliphatic heterocycles. The van der Waals surface area contributed by atoms with E-state index >= 15 is 0 Å². The molecular formula is C19H19N3O2S. The van der Waals surface area contributed by atoms with E-state index in [2.05, 4.69) is 10.2 Å². The summed E-state index contributed by atoms with van der Waals surface area (Å²) in [7, 11) is 2.04. The Kier molecular flexibility index (Phi) is 3.94. The first-order chi connectivity index (χ1) is 12.1. The van der Waals surface area contributed by atoms with Crippen molar-refractivity contribution in [1.29, 1.82) is 0 Å². The number of hydrogen-bond acceptors (Lipinski definition) is 4. The molecule has 1 aromatic heterocycles. The number of carbonyl (C=O) groups is 2. The van der Waals surface area contributed by atoms with Crippen molar-refractivity contribution >= 4 is 40.2 Å². The molecule has 0 saturated heterocycles. The van der Waals surface area contributed by atoms with Crippen LogP contribution in [0.15, 0.2) is 41.3 Å². The average molecular weight is 353 g/mol. The Bertz CT molecular complexity index is 900. The van der Waals surface area contributed by atoms with Gasteiger partial charge in [0.05, 0.1) is 22.6 Å². The number of thiophene rings is 1. The molecule has 0 spiro atoms. The first kappa shape index (κ1) is 16.1. The average Bonchev–Trinajstić information content (AvgIpc) is 2.92. The third-order valence-corrected chi connectivity index (χ3v) is 5.61. The normalized spacial score (nSPS) is 17.3. The summed E-state index contributed by atoms with van der Waals surface area (Å²) in [6, 6.07) is 7.47. The monoisotopic (exact) mass is 353 g/mol. The summed E-state index contributed by atoms with van der Waals surface area (Å²) >= 11 is 1.49. The molecule has 4 rings (SSSR count). The van der Waals surface area contributed by atoms with Crippen molar-refractivity contribution in [3.63, 3.8) is 0 Å². The van der Waals surface area contributed by atoms with Gasteiger partial charge < -0.3 is 10.2 Å². The maximum absolute atomic E-state index is 13.4. The number of carbonyl (C=O) groups excluding carboxylic acids is 2. The van der Waals surface area contributed by atoms with Gasteiger partial charge in [-0.05, 0) is 32.5 Å². The van der Waals surface area contributed by atoms with Gasteiger partial charge in [0, 0.05) is 28.9 Å². The standard InChI is InChI=1S/C19H19N3O2S/c1-12-17-16(11-25-12)22(19(24)13-7-9-21(2)10-8-13)15-6-4-3-5-14(15)20-18(17)23/h3-7,11H,8-10H2,1-2H3,(H,20,23). The summed E-state index contributed by atoms with van der Waals surface area (Å²) in [6.07, 6.45) is 2.71. The van der Waals surface area contributed by atoms with Gasteiger partial charge in [-0.1, -0.05) is 18.2 Å². The topological polar surface area (TPSA) is 52.7 Å². The Morgan fingerprint density at radius 1 is 1.24 bits per heavy atom. The predicted octanol–water partition coefficient (Wildman–Crippen LogP) is 3.55. The lowest BCUT2D eigenvalue weighted by Gasteiger charge is -2.27. The van der Waals surface area contributed by atoms with Gasteiger partial charge in [0.2, 0.25) is 0 Å². The second-order valence-electron chi connectivity index (χ2n) is 6.41. The summed E-state index contributed by atoms with van der Waals surface area (Å²) in [5.74, 6) is -0.204. The Labute approximate surface area is 150 Å². The fourth-order valence-corrected chi connectivity index (χ4v) is 4.13. The molecular weight excluding hydrogens is 334 g/mol. The number of likely N-dealkylation sites (N-methyl/N-ethyl adjacent to an activating group) is 1. The number of aryl methyl sites for hydroxylation is 1. The lowest BCUT2D eigenvalue weighted by Crippen LogP contribution is -2.33. The fourth-order valence-electron chi connectivity index (χ4n) is 3.30. The smallest absolute Gasteiger partial charge is 0.258 e. The van der Waals surface area contributed by atoms with Gasteiger partial charge in [0.15, 0.2) is 0 Å². The number of nitrogens with one attached hydrogen (secondary N) is 1. The third-order valence-electron chi connectivity index (χ3n) is 4.71. The first-order valence-corrected chi connectivity index (χ1v) is 9.14. The minimum Gasteiger partial charge on any atom is -0.320 e. The van der Waals surface area contributed by atoms with E-state index in [1.165, 1.54) is 11.3 Å². The van der Waals surface area contributed by atoms with Crippen LogP contribution in [0.4, 0.5) is 17.1 Å². The van der Waals surface area contributed by atoms with E-state index in [4.69, 9.17) is 0 Å². The van der Waals surface area contributed by atoms with Gasteiger partial charge in [0.1, 0.15) is 0 Å². The highest BCUT2D eigenvalue weighted by Gasteiger charge is 2.33. The van der Waals surface area contributed by atoms with Crippen molar-refractivity contribution in [3.8, 4) is 0 Å². The number of hydrogen-bond donors (Lipinski definition) is 1. The summed E-state index contributed by atoms with van der Waals surface area (Å²) in [5.41, 5.74) is 3.45. The van der Waals surface area contributed by atoms with Crippen LogP contribution in [0.25, 0.3) is 0 Å². The van der Waals surface area contributed by atoms with E-state index in [1.807, 2.05) is 49.7 Å². The molecule has 0 unspecified atom stereocenters. The maximum Gasteiger partial charge on any atom is 0.258 e. The van der Waals surface area contributed by atoms with E-state index in [-0.39, 0.29) is 11.8 Å². The molecule has 1 N–H and O–H groups in total.